The molecule has 0 aromatic heterocycles. The Morgan fingerprint density at radius 1 is 1.19 bits per heavy atom. The predicted octanol–water partition coefficient (Wildman–Crippen LogP) is 2.70. The summed E-state index contributed by atoms with van der Waals surface area (Å²) in [6.45, 7) is 8.86. The van der Waals surface area contributed by atoms with Gasteiger partial charge in [0, 0.05) is 0 Å². The van der Waals surface area contributed by atoms with Gasteiger partial charge in [0.25, 0.3) is 5.91 Å². The molecule has 0 aliphatic rings. The summed E-state index contributed by atoms with van der Waals surface area (Å²) in [5.41, 5.74) is -1.63. The highest BCUT2D eigenvalue weighted by atomic mass is 16.5. The lowest BCUT2D eigenvalue weighted by atomic mass is 9.74. The molecule has 21 heavy (non-hydrogen) atoms. The highest BCUT2D eigenvalue weighted by molar-refractivity contribution is 5.97. The number of benzene rings is 1. The summed E-state index contributed by atoms with van der Waals surface area (Å²) in [6, 6.07) is 6.90. The Kier molecular flexibility index (Phi) is 4.99. The van der Waals surface area contributed by atoms with Crippen molar-refractivity contribution in [3.05, 3.63) is 29.8 Å². The van der Waals surface area contributed by atoms with Crippen LogP contribution in [0.15, 0.2) is 24.3 Å². The van der Waals surface area contributed by atoms with Crippen LogP contribution in [0.4, 0.5) is 0 Å². The number of carboxylic acids is 1. The molecule has 1 amide bonds. The maximum Gasteiger partial charge on any atom is 0.311 e. The van der Waals surface area contributed by atoms with Gasteiger partial charge < -0.3 is 15.2 Å². The standard InChI is InChI=1S/C16H23NO4/c1-6-21-12-10-8-7-9-11(12)13(18)17-16(4,5)15(2,3)14(19)20/h7-10H,6H2,1-5H3,(H,17,18)(H,19,20). The van der Waals surface area contributed by atoms with E-state index in [0.717, 1.165) is 0 Å². The van der Waals surface area contributed by atoms with Gasteiger partial charge in [0.2, 0.25) is 0 Å². The molecular weight excluding hydrogens is 270 g/mol. The molecule has 0 radical (unpaired) electrons. The van der Waals surface area contributed by atoms with E-state index in [-0.39, 0.29) is 5.91 Å². The van der Waals surface area contributed by atoms with E-state index in [0.29, 0.717) is 17.9 Å². The first-order chi connectivity index (χ1) is 9.63. The minimum atomic E-state index is -1.11. The Balaban J connectivity index is 3.03. The third-order valence-corrected chi connectivity index (χ3v) is 3.95. The largest absolute Gasteiger partial charge is 0.493 e. The fraction of sp³-hybridized carbons (Fsp3) is 0.500. The molecule has 0 spiro atoms. The lowest BCUT2D eigenvalue weighted by Gasteiger charge is -2.38. The summed E-state index contributed by atoms with van der Waals surface area (Å²) in [5, 5.41) is 12.1. The van der Waals surface area contributed by atoms with Crippen LogP contribution in [0.5, 0.6) is 5.75 Å². The molecule has 0 heterocycles. The number of ether oxygens (including phenoxy) is 1. The summed E-state index contributed by atoms with van der Waals surface area (Å²) in [5.74, 6) is -0.828. The van der Waals surface area contributed by atoms with Crippen molar-refractivity contribution in [2.45, 2.75) is 40.2 Å². The highest BCUT2D eigenvalue weighted by Crippen LogP contribution is 2.31. The maximum absolute atomic E-state index is 12.4. The van der Waals surface area contributed by atoms with Crippen molar-refractivity contribution < 1.29 is 19.4 Å². The molecule has 0 unspecified atom stereocenters. The number of aliphatic carboxylic acids is 1. The van der Waals surface area contributed by atoms with Gasteiger partial charge in [-0.15, -0.1) is 0 Å². The van der Waals surface area contributed by atoms with E-state index in [1.54, 1.807) is 52.0 Å². The first-order valence-electron chi connectivity index (χ1n) is 6.91. The van der Waals surface area contributed by atoms with E-state index >= 15 is 0 Å². The minimum Gasteiger partial charge on any atom is -0.493 e. The van der Waals surface area contributed by atoms with E-state index in [2.05, 4.69) is 5.32 Å². The number of para-hydroxylation sites is 1. The van der Waals surface area contributed by atoms with Gasteiger partial charge in [-0.25, -0.2) is 0 Å². The van der Waals surface area contributed by atoms with Gasteiger partial charge in [0.1, 0.15) is 5.75 Å². The van der Waals surface area contributed by atoms with Crippen LogP contribution in [-0.2, 0) is 4.79 Å². The molecule has 116 valence electrons. The lowest BCUT2D eigenvalue weighted by Crippen LogP contribution is -2.57. The molecule has 0 fully saturated rings. The number of carbonyl (C=O) groups excluding carboxylic acids is 1. The fourth-order valence-electron chi connectivity index (χ4n) is 1.71. The molecular formula is C16H23NO4. The van der Waals surface area contributed by atoms with Crippen LogP contribution in [-0.4, -0.2) is 29.1 Å². The van der Waals surface area contributed by atoms with Crippen LogP contribution < -0.4 is 10.1 Å². The van der Waals surface area contributed by atoms with E-state index in [1.165, 1.54) is 0 Å². The fourth-order valence-corrected chi connectivity index (χ4v) is 1.71. The predicted molar refractivity (Wildman–Crippen MR) is 80.6 cm³/mol. The summed E-state index contributed by atoms with van der Waals surface area (Å²) in [6.07, 6.45) is 0. The van der Waals surface area contributed by atoms with Crippen molar-refractivity contribution >= 4 is 11.9 Å². The van der Waals surface area contributed by atoms with Crippen molar-refractivity contribution in [1.82, 2.24) is 5.32 Å². The quantitative estimate of drug-likeness (QED) is 0.845. The summed E-state index contributed by atoms with van der Waals surface area (Å²) < 4.78 is 5.43. The van der Waals surface area contributed by atoms with E-state index in [4.69, 9.17) is 4.74 Å². The number of amides is 1. The summed E-state index contributed by atoms with van der Waals surface area (Å²) in [4.78, 5) is 23.8. The first kappa shape index (κ1) is 17.0. The van der Waals surface area contributed by atoms with E-state index in [9.17, 15) is 14.7 Å². The van der Waals surface area contributed by atoms with Gasteiger partial charge in [-0.05, 0) is 46.8 Å². The van der Waals surface area contributed by atoms with Crippen LogP contribution in [0.2, 0.25) is 0 Å². The zero-order valence-electron chi connectivity index (χ0n) is 13.2. The van der Waals surface area contributed by atoms with Crippen LogP contribution in [0.25, 0.3) is 0 Å². The molecule has 5 nitrogen and oxygen atoms in total. The number of rotatable bonds is 6. The topological polar surface area (TPSA) is 75.6 Å². The number of nitrogens with one attached hydrogen (secondary N) is 1. The smallest absolute Gasteiger partial charge is 0.311 e. The van der Waals surface area contributed by atoms with Crippen LogP contribution in [0, 0.1) is 5.41 Å². The second-order valence-corrected chi connectivity index (χ2v) is 5.94. The third-order valence-electron chi connectivity index (χ3n) is 3.95. The molecule has 0 saturated carbocycles. The zero-order valence-corrected chi connectivity index (χ0v) is 13.2. The van der Waals surface area contributed by atoms with Gasteiger partial charge in [0.05, 0.1) is 23.1 Å². The normalized spacial score (nSPS) is 11.9. The van der Waals surface area contributed by atoms with Gasteiger partial charge >= 0.3 is 5.97 Å². The summed E-state index contributed by atoms with van der Waals surface area (Å²) in [7, 11) is 0. The SMILES string of the molecule is CCOc1ccccc1C(=O)NC(C)(C)C(C)(C)C(=O)O. The Bertz CT molecular complexity index is 535. The second kappa shape index (κ2) is 6.16. The molecule has 1 rings (SSSR count). The molecule has 1 aromatic rings. The van der Waals surface area contributed by atoms with Gasteiger partial charge in [-0.3, -0.25) is 9.59 Å². The lowest BCUT2D eigenvalue weighted by molar-refractivity contribution is -0.150. The minimum absolute atomic E-state index is 0.349. The number of carbonyl (C=O) groups is 2. The molecule has 5 heteroatoms. The first-order valence-corrected chi connectivity index (χ1v) is 6.91. The van der Waals surface area contributed by atoms with E-state index < -0.39 is 16.9 Å². The monoisotopic (exact) mass is 293 g/mol. The molecule has 1 aromatic carbocycles. The highest BCUT2D eigenvalue weighted by Gasteiger charge is 2.44. The third kappa shape index (κ3) is 3.54. The second-order valence-electron chi connectivity index (χ2n) is 5.94. The number of hydrogen-bond acceptors (Lipinski definition) is 3. The molecule has 2 N–H and O–H groups in total. The van der Waals surface area contributed by atoms with Crippen molar-refractivity contribution in [3.8, 4) is 5.75 Å². The van der Waals surface area contributed by atoms with Crippen molar-refractivity contribution in [2.75, 3.05) is 6.61 Å². The zero-order chi connectivity index (χ0) is 16.3. The average Bonchev–Trinajstić information content (AvgIpc) is 2.38. The summed E-state index contributed by atoms with van der Waals surface area (Å²) >= 11 is 0. The number of hydrogen-bond donors (Lipinski definition) is 2. The molecule has 0 saturated heterocycles. The van der Waals surface area contributed by atoms with Crippen LogP contribution in [0.1, 0.15) is 45.0 Å². The van der Waals surface area contributed by atoms with Crippen LogP contribution in [0.3, 0.4) is 0 Å². The van der Waals surface area contributed by atoms with Crippen LogP contribution >= 0.6 is 0 Å². The molecule has 0 atom stereocenters. The Labute approximate surface area is 125 Å². The van der Waals surface area contributed by atoms with E-state index in [1.807, 2.05) is 6.92 Å². The van der Waals surface area contributed by atoms with Gasteiger partial charge in [-0.1, -0.05) is 12.1 Å². The molecule has 0 aliphatic carbocycles. The Hall–Kier alpha value is -2.04. The average molecular weight is 293 g/mol. The van der Waals surface area contributed by atoms with Crippen molar-refractivity contribution in [2.24, 2.45) is 5.41 Å². The molecule has 0 aliphatic heterocycles. The maximum atomic E-state index is 12.4. The van der Waals surface area contributed by atoms with Crippen molar-refractivity contribution in [1.29, 1.82) is 0 Å². The Morgan fingerprint density at radius 3 is 2.29 bits per heavy atom. The van der Waals surface area contributed by atoms with Gasteiger partial charge in [-0.2, -0.15) is 0 Å². The van der Waals surface area contributed by atoms with Gasteiger partial charge in [0.15, 0.2) is 0 Å². The molecule has 0 bridgehead atoms. The Morgan fingerprint density at radius 2 is 1.76 bits per heavy atom. The number of carboxylic acid groups (broad SMARTS) is 1. The van der Waals surface area contributed by atoms with Crippen molar-refractivity contribution in [3.63, 3.8) is 0 Å².